The number of phosphoric ester groups is 1. The first kappa shape index (κ1) is 59.7. The summed E-state index contributed by atoms with van der Waals surface area (Å²) >= 11 is 18.0. The van der Waals surface area contributed by atoms with E-state index in [1.165, 1.54) is 38.5 Å². The zero-order valence-corrected chi connectivity index (χ0v) is 46.3. The standard InChI is InChI=1S/C52H77Cl3NO12PSi/c1-9-11-12-13-14-15-16-17-20-25-42(62-37-40-30-32-41(59-6)33-31-40)34-36-60-48-46(56-50(57)63-39-52(53,54)55)49(61-35-10-2)65-45(38-64-70(7,8)51(3,4)5)47(48)68-69(58,66-43-26-21-18-22-27-43)67-44-28-23-19-24-29-44/h10,18-19,21-24,26-33,42,45-49H,2,9,11-17,20,25,34-39H2,1,3-8H3,(H,56,57)/t42-,45-,46-,47-,48-,49+/m1/s1. The topological polar surface area (TPSA) is 138 Å². The summed E-state index contributed by atoms with van der Waals surface area (Å²) in [6.45, 7) is 16.5. The summed E-state index contributed by atoms with van der Waals surface area (Å²) in [7, 11) is -5.50. The summed E-state index contributed by atoms with van der Waals surface area (Å²) in [4.78, 5) is 13.7. The van der Waals surface area contributed by atoms with E-state index < -0.39 is 63.3 Å². The number of phosphoric acid groups is 1. The van der Waals surface area contributed by atoms with Crippen LogP contribution in [0.15, 0.2) is 97.6 Å². The zero-order valence-electron chi connectivity index (χ0n) is 42.1. The monoisotopic (exact) mass is 1070 g/mol. The number of carbonyl (C=O) groups excluding carboxylic acids is 1. The van der Waals surface area contributed by atoms with Crippen LogP contribution in [0.5, 0.6) is 17.2 Å². The molecule has 3 aromatic carbocycles. The molecule has 1 fully saturated rings. The normalized spacial score (nSPS) is 19.3. The van der Waals surface area contributed by atoms with Crippen LogP contribution in [0.4, 0.5) is 4.79 Å². The van der Waals surface area contributed by atoms with Crippen LogP contribution in [-0.2, 0) is 43.8 Å². The van der Waals surface area contributed by atoms with E-state index in [1.807, 2.05) is 24.3 Å². The van der Waals surface area contributed by atoms with E-state index in [0.29, 0.717) is 13.0 Å². The Labute approximate surface area is 433 Å². The summed E-state index contributed by atoms with van der Waals surface area (Å²) in [5, 5.41) is 2.63. The quantitative estimate of drug-likeness (QED) is 0.0209. The van der Waals surface area contributed by atoms with Gasteiger partial charge < -0.3 is 47.2 Å². The molecule has 0 spiro atoms. The third-order valence-electron chi connectivity index (χ3n) is 12.3. The molecule has 0 bridgehead atoms. The van der Waals surface area contributed by atoms with Gasteiger partial charge in [-0.05, 0) is 72.9 Å². The van der Waals surface area contributed by atoms with Crippen molar-refractivity contribution < 1.29 is 55.8 Å². The first-order chi connectivity index (χ1) is 33.3. The Balaban J connectivity index is 1.74. The first-order valence-electron chi connectivity index (χ1n) is 24.5. The summed E-state index contributed by atoms with van der Waals surface area (Å²) < 4.78 is 76.4. The van der Waals surface area contributed by atoms with Crippen molar-refractivity contribution in [1.29, 1.82) is 0 Å². The van der Waals surface area contributed by atoms with Crippen LogP contribution in [0, 0.1) is 0 Å². The molecule has 0 aliphatic carbocycles. The highest BCUT2D eigenvalue weighted by atomic mass is 35.6. The largest absolute Gasteiger partial charge is 0.588 e. The van der Waals surface area contributed by atoms with Gasteiger partial charge in [-0.1, -0.05) is 175 Å². The minimum Gasteiger partial charge on any atom is -0.497 e. The number of unbranched alkanes of at least 4 members (excludes halogenated alkanes) is 8. The Morgan fingerprint density at radius 3 is 1.94 bits per heavy atom. The Bertz CT molecular complexity index is 1930. The lowest BCUT2D eigenvalue weighted by atomic mass is 9.96. The fraction of sp³-hybridized carbons (Fsp3) is 0.596. The second-order valence-electron chi connectivity index (χ2n) is 18.9. The lowest BCUT2D eigenvalue weighted by Crippen LogP contribution is -2.66. The van der Waals surface area contributed by atoms with Crippen molar-refractivity contribution >= 4 is 57.0 Å². The number of benzene rings is 3. The first-order valence-corrected chi connectivity index (χ1v) is 30.0. The van der Waals surface area contributed by atoms with E-state index >= 15 is 4.57 Å². The Morgan fingerprint density at radius 2 is 1.40 bits per heavy atom. The SMILES string of the molecule is C=CCO[C@H]1O[C@H](CO[Si](C)(C)C(C)(C)C)[C@@H](OP(=O)(Oc2ccccc2)Oc2ccccc2)[C@H](OCC[C@@H](CCCCCCCCCCC)OCc2ccc(OC)cc2)[C@H]1NC(=O)OCC(Cl)(Cl)Cl. The summed E-state index contributed by atoms with van der Waals surface area (Å²) in [6, 6.07) is 23.7. The molecule has 4 rings (SSSR count). The van der Waals surface area contributed by atoms with Gasteiger partial charge in [0.25, 0.3) is 0 Å². The number of para-hydroxylation sites is 2. The molecule has 0 saturated carbocycles. The van der Waals surface area contributed by atoms with Gasteiger partial charge in [-0.3, -0.25) is 4.52 Å². The Morgan fingerprint density at radius 1 is 0.814 bits per heavy atom. The smallest absolute Gasteiger partial charge is 0.497 e. The van der Waals surface area contributed by atoms with E-state index in [0.717, 1.165) is 37.0 Å². The molecule has 18 heteroatoms. The molecule has 1 aliphatic heterocycles. The molecule has 1 aliphatic rings. The van der Waals surface area contributed by atoms with Gasteiger partial charge >= 0.3 is 13.9 Å². The zero-order chi connectivity index (χ0) is 51.0. The van der Waals surface area contributed by atoms with Gasteiger partial charge in [0.15, 0.2) is 14.6 Å². The van der Waals surface area contributed by atoms with Gasteiger partial charge in [0, 0.05) is 6.61 Å². The molecule has 0 unspecified atom stereocenters. The molecule has 13 nitrogen and oxygen atoms in total. The molecular weight excluding hydrogens is 996 g/mol. The van der Waals surface area contributed by atoms with Gasteiger partial charge in [0.1, 0.15) is 48.2 Å². The van der Waals surface area contributed by atoms with E-state index in [2.05, 4.69) is 52.7 Å². The number of carbonyl (C=O) groups is 1. The highest BCUT2D eigenvalue weighted by Gasteiger charge is 2.54. The molecule has 70 heavy (non-hydrogen) atoms. The van der Waals surface area contributed by atoms with Gasteiger partial charge in [-0.25, -0.2) is 9.36 Å². The predicted molar refractivity (Wildman–Crippen MR) is 281 cm³/mol. The Kier molecular flexibility index (Phi) is 25.9. The highest BCUT2D eigenvalue weighted by molar-refractivity contribution is 7.49. The van der Waals surface area contributed by atoms with Crippen LogP contribution in [-0.4, -0.2) is 88.5 Å². The molecule has 392 valence electrons. The molecular formula is C52H77Cl3NO12PSi. The van der Waals surface area contributed by atoms with Crippen LogP contribution >= 0.6 is 42.6 Å². The van der Waals surface area contributed by atoms with Gasteiger partial charge in [-0.15, -0.1) is 6.58 Å². The number of ether oxygens (including phenoxy) is 6. The molecule has 1 saturated heterocycles. The average Bonchev–Trinajstić information content (AvgIpc) is 3.32. The summed E-state index contributed by atoms with van der Waals surface area (Å²) in [5.41, 5.74) is 0.994. The molecule has 3 aromatic rings. The van der Waals surface area contributed by atoms with Gasteiger partial charge in [0.05, 0.1) is 33.0 Å². The van der Waals surface area contributed by atoms with Crippen LogP contribution in [0.2, 0.25) is 18.1 Å². The maximum absolute atomic E-state index is 15.3. The lowest BCUT2D eigenvalue weighted by Gasteiger charge is -2.47. The maximum Gasteiger partial charge on any atom is 0.588 e. The second kappa shape index (κ2) is 30.4. The number of hydrogen-bond donors (Lipinski definition) is 1. The number of alkyl carbamates (subject to hydrolysis) is 1. The number of nitrogens with one attached hydrogen (secondary N) is 1. The summed E-state index contributed by atoms with van der Waals surface area (Å²) in [6.07, 6.45) is 7.58. The fourth-order valence-corrected chi connectivity index (χ4v) is 9.97. The van der Waals surface area contributed by atoms with Crippen molar-refractivity contribution in [3.8, 4) is 17.2 Å². The molecule has 1 amide bonds. The van der Waals surface area contributed by atoms with E-state index in [-0.39, 0.29) is 42.5 Å². The van der Waals surface area contributed by atoms with Crippen molar-refractivity contribution in [2.75, 3.05) is 33.5 Å². The van der Waals surface area contributed by atoms with E-state index in [1.54, 1.807) is 73.8 Å². The minimum absolute atomic E-state index is 0.0207. The van der Waals surface area contributed by atoms with Crippen LogP contribution in [0.25, 0.3) is 0 Å². The van der Waals surface area contributed by atoms with Crippen molar-refractivity contribution in [3.05, 3.63) is 103 Å². The van der Waals surface area contributed by atoms with Crippen LogP contribution in [0.1, 0.15) is 104 Å². The Hall–Kier alpha value is -2.85. The minimum atomic E-state index is -4.67. The molecule has 0 radical (unpaired) electrons. The average molecular weight is 1070 g/mol. The highest BCUT2D eigenvalue weighted by Crippen LogP contribution is 2.53. The van der Waals surface area contributed by atoms with Gasteiger partial charge in [0.2, 0.25) is 3.79 Å². The lowest BCUT2D eigenvalue weighted by molar-refractivity contribution is -0.270. The van der Waals surface area contributed by atoms with Crippen molar-refractivity contribution in [1.82, 2.24) is 5.32 Å². The number of halogens is 3. The number of hydrogen-bond acceptors (Lipinski definition) is 12. The second-order valence-corrected chi connectivity index (χ2v) is 27.7. The fourth-order valence-electron chi connectivity index (χ4n) is 7.35. The van der Waals surface area contributed by atoms with E-state index in [9.17, 15) is 4.79 Å². The van der Waals surface area contributed by atoms with E-state index in [4.69, 9.17) is 81.2 Å². The summed E-state index contributed by atoms with van der Waals surface area (Å²) in [5.74, 6) is 1.19. The van der Waals surface area contributed by atoms with Gasteiger partial charge in [-0.2, -0.15) is 0 Å². The number of rotatable bonds is 32. The maximum atomic E-state index is 15.3. The predicted octanol–water partition coefficient (Wildman–Crippen LogP) is 14.3. The number of methoxy groups -OCH3 is 1. The molecule has 1 heterocycles. The molecule has 6 atom stereocenters. The molecule has 0 aromatic heterocycles. The van der Waals surface area contributed by atoms with Crippen molar-refractivity contribution in [2.24, 2.45) is 0 Å². The number of alkyl halides is 3. The molecule has 1 N–H and O–H groups in total. The van der Waals surface area contributed by atoms with Crippen molar-refractivity contribution in [2.45, 2.75) is 164 Å². The third kappa shape index (κ3) is 21.7. The number of amides is 1. The third-order valence-corrected chi connectivity index (χ3v) is 18.5. The van der Waals surface area contributed by atoms with Crippen LogP contribution in [0.3, 0.4) is 0 Å². The van der Waals surface area contributed by atoms with Crippen LogP contribution < -0.4 is 19.1 Å². The van der Waals surface area contributed by atoms with Crippen molar-refractivity contribution in [3.63, 3.8) is 0 Å².